The maximum absolute atomic E-state index is 10.5. The van der Waals surface area contributed by atoms with E-state index in [1.54, 1.807) is 6.20 Å². The van der Waals surface area contributed by atoms with Crippen LogP contribution in [0.2, 0.25) is 0 Å². The molecular formula is C22H34IN5O2. The van der Waals surface area contributed by atoms with E-state index in [1.807, 2.05) is 76.2 Å². The SMILES string of the molecule is CCNC(=NCc1cccnc1N(C)C)NCC(O)c1ccc(OC(C)C)cc1.I. The first kappa shape index (κ1) is 26.0. The molecule has 0 aliphatic carbocycles. The molecule has 0 fully saturated rings. The van der Waals surface area contributed by atoms with Gasteiger partial charge in [0.2, 0.25) is 0 Å². The first-order valence-corrected chi connectivity index (χ1v) is 9.98. The van der Waals surface area contributed by atoms with Crippen LogP contribution in [0.3, 0.4) is 0 Å². The first-order chi connectivity index (χ1) is 13.9. The summed E-state index contributed by atoms with van der Waals surface area (Å²) in [5, 5.41) is 16.9. The molecule has 0 bridgehead atoms. The van der Waals surface area contributed by atoms with Crippen LogP contribution in [0.15, 0.2) is 47.6 Å². The zero-order chi connectivity index (χ0) is 21.2. The molecule has 0 spiro atoms. The monoisotopic (exact) mass is 527 g/mol. The number of aliphatic hydroxyl groups excluding tert-OH is 1. The molecule has 2 rings (SSSR count). The maximum atomic E-state index is 10.5. The molecule has 166 valence electrons. The van der Waals surface area contributed by atoms with Gasteiger partial charge in [-0.15, -0.1) is 24.0 Å². The Kier molecular flexibility index (Phi) is 11.5. The van der Waals surface area contributed by atoms with Gasteiger partial charge >= 0.3 is 0 Å². The molecule has 30 heavy (non-hydrogen) atoms. The molecule has 2 aromatic rings. The second-order valence-electron chi connectivity index (χ2n) is 7.21. The van der Waals surface area contributed by atoms with E-state index in [4.69, 9.17) is 4.74 Å². The van der Waals surface area contributed by atoms with Crippen molar-refractivity contribution >= 4 is 35.8 Å². The third-order valence-electron chi connectivity index (χ3n) is 4.14. The minimum Gasteiger partial charge on any atom is -0.491 e. The maximum Gasteiger partial charge on any atom is 0.191 e. The second kappa shape index (κ2) is 13.3. The summed E-state index contributed by atoms with van der Waals surface area (Å²) in [6, 6.07) is 11.5. The van der Waals surface area contributed by atoms with Crippen LogP contribution in [0.4, 0.5) is 5.82 Å². The first-order valence-electron chi connectivity index (χ1n) is 9.98. The van der Waals surface area contributed by atoms with Crippen LogP contribution in [0.1, 0.15) is 38.0 Å². The third kappa shape index (κ3) is 8.35. The Labute approximate surface area is 197 Å². The number of aromatic nitrogens is 1. The highest BCUT2D eigenvalue weighted by Gasteiger charge is 2.10. The van der Waals surface area contributed by atoms with Gasteiger partial charge < -0.3 is 25.4 Å². The fourth-order valence-corrected chi connectivity index (χ4v) is 2.81. The summed E-state index contributed by atoms with van der Waals surface area (Å²) in [6.07, 6.45) is 1.25. The van der Waals surface area contributed by atoms with Crippen LogP contribution >= 0.6 is 24.0 Å². The Balaban J connectivity index is 0.00000450. The number of aliphatic hydroxyl groups is 1. The number of anilines is 1. The summed E-state index contributed by atoms with van der Waals surface area (Å²) in [7, 11) is 3.93. The average molecular weight is 527 g/mol. The van der Waals surface area contributed by atoms with Crippen LogP contribution in [0, 0.1) is 0 Å². The summed E-state index contributed by atoms with van der Waals surface area (Å²) in [4.78, 5) is 11.0. The highest BCUT2D eigenvalue weighted by Crippen LogP contribution is 2.18. The molecule has 0 amide bonds. The smallest absolute Gasteiger partial charge is 0.191 e. The van der Waals surface area contributed by atoms with Crippen LogP contribution < -0.4 is 20.3 Å². The van der Waals surface area contributed by atoms with E-state index in [0.29, 0.717) is 19.0 Å². The minimum absolute atomic E-state index is 0. The lowest BCUT2D eigenvalue weighted by Crippen LogP contribution is -2.39. The lowest BCUT2D eigenvalue weighted by atomic mass is 10.1. The molecule has 0 radical (unpaired) electrons. The van der Waals surface area contributed by atoms with Crippen molar-refractivity contribution in [2.45, 2.75) is 39.5 Å². The van der Waals surface area contributed by atoms with Crippen molar-refractivity contribution in [3.05, 3.63) is 53.7 Å². The van der Waals surface area contributed by atoms with Crippen molar-refractivity contribution in [2.75, 3.05) is 32.1 Å². The number of guanidine groups is 1. The predicted octanol–water partition coefficient (Wildman–Crippen LogP) is 3.34. The van der Waals surface area contributed by atoms with Crippen LogP contribution in [-0.4, -0.2) is 49.3 Å². The lowest BCUT2D eigenvalue weighted by molar-refractivity contribution is 0.180. The van der Waals surface area contributed by atoms with Crippen molar-refractivity contribution in [2.24, 2.45) is 4.99 Å². The number of rotatable bonds is 9. The van der Waals surface area contributed by atoms with E-state index in [-0.39, 0.29) is 30.1 Å². The molecule has 3 N–H and O–H groups in total. The van der Waals surface area contributed by atoms with Gasteiger partial charge in [0, 0.05) is 38.9 Å². The number of pyridine rings is 1. The largest absolute Gasteiger partial charge is 0.491 e. The van der Waals surface area contributed by atoms with Gasteiger partial charge in [0.1, 0.15) is 11.6 Å². The zero-order valence-electron chi connectivity index (χ0n) is 18.4. The lowest BCUT2D eigenvalue weighted by Gasteiger charge is -2.17. The Morgan fingerprint density at radius 2 is 1.87 bits per heavy atom. The van der Waals surface area contributed by atoms with Crippen molar-refractivity contribution in [1.29, 1.82) is 0 Å². The summed E-state index contributed by atoms with van der Waals surface area (Å²) in [5.41, 5.74) is 1.86. The van der Waals surface area contributed by atoms with Crippen LogP contribution in [0.5, 0.6) is 5.75 Å². The van der Waals surface area contributed by atoms with E-state index in [1.165, 1.54) is 0 Å². The van der Waals surface area contributed by atoms with Gasteiger partial charge in [-0.3, -0.25) is 0 Å². The molecule has 0 saturated carbocycles. The molecule has 1 aromatic heterocycles. The van der Waals surface area contributed by atoms with Gasteiger partial charge in [-0.25, -0.2) is 9.98 Å². The number of benzene rings is 1. The number of halogens is 1. The van der Waals surface area contributed by atoms with Gasteiger partial charge in [-0.2, -0.15) is 0 Å². The molecule has 0 aliphatic heterocycles. The highest BCUT2D eigenvalue weighted by molar-refractivity contribution is 14.0. The normalized spacial score (nSPS) is 12.2. The highest BCUT2D eigenvalue weighted by atomic mass is 127. The molecule has 1 heterocycles. The van der Waals surface area contributed by atoms with Crippen molar-refractivity contribution in [1.82, 2.24) is 15.6 Å². The predicted molar refractivity (Wildman–Crippen MR) is 134 cm³/mol. The third-order valence-corrected chi connectivity index (χ3v) is 4.14. The number of nitrogens with one attached hydrogen (secondary N) is 2. The fourth-order valence-electron chi connectivity index (χ4n) is 2.81. The Hall–Kier alpha value is -2.07. The molecule has 1 aromatic carbocycles. The molecule has 1 unspecified atom stereocenters. The van der Waals surface area contributed by atoms with E-state index in [0.717, 1.165) is 29.2 Å². The van der Waals surface area contributed by atoms with Crippen molar-refractivity contribution in [3.8, 4) is 5.75 Å². The molecular weight excluding hydrogens is 493 g/mol. The number of hydrogen-bond acceptors (Lipinski definition) is 5. The standard InChI is InChI=1S/C22H33N5O2.HI/c1-6-23-22(25-14-18-8-7-13-24-21(18)27(4)5)26-15-20(28)17-9-11-19(12-10-17)29-16(2)3;/h7-13,16,20,28H,6,14-15H2,1-5H3,(H2,23,25,26);1H. The number of hydrogen-bond donors (Lipinski definition) is 3. The summed E-state index contributed by atoms with van der Waals surface area (Å²) in [5.74, 6) is 2.35. The molecule has 8 heteroatoms. The van der Waals surface area contributed by atoms with Crippen LogP contribution in [-0.2, 0) is 6.54 Å². The summed E-state index contributed by atoms with van der Waals surface area (Å²) < 4.78 is 5.64. The van der Waals surface area contributed by atoms with Crippen molar-refractivity contribution < 1.29 is 9.84 Å². The minimum atomic E-state index is -0.650. The Bertz CT molecular complexity index is 781. The average Bonchev–Trinajstić information content (AvgIpc) is 2.70. The van der Waals surface area contributed by atoms with Gasteiger partial charge in [0.25, 0.3) is 0 Å². The van der Waals surface area contributed by atoms with E-state index >= 15 is 0 Å². The Morgan fingerprint density at radius 3 is 2.47 bits per heavy atom. The van der Waals surface area contributed by atoms with Crippen molar-refractivity contribution in [3.63, 3.8) is 0 Å². The van der Waals surface area contributed by atoms with Gasteiger partial charge in [-0.05, 0) is 44.5 Å². The summed E-state index contributed by atoms with van der Waals surface area (Å²) in [6.45, 7) is 7.56. The Morgan fingerprint density at radius 1 is 1.17 bits per heavy atom. The van der Waals surface area contributed by atoms with Gasteiger partial charge in [0.15, 0.2) is 5.96 Å². The number of ether oxygens (including phenoxy) is 1. The zero-order valence-corrected chi connectivity index (χ0v) is 20.8. The van der Waals surface area contributed by atoms with E-state index in [9.17, 15) is 5.11 Å². The molecule has 0 aliphatic rings. The molecule has 1 atom stereocenters. The quantitative estimate of drug-likeness (QED) is 0.264. The summed E-state index contributed by atoms with van der Waals surface area (Å²) >= 11 is 0. The second-order valence-corrected chi connectivity index (χ2v) is 7.21. The van der Waals surface area contributed by atoms with Gasteiger partial charge in [-0.1, -0.05) is 18.2 Å². The molecule has 7 nitrogen and oxygen atoms in total. The topological polar surface area (TPSA) is 82.0 Å². The van der Waals surface area contributed by atoms with E-state index in [2.05, 4.69) is 20.6 Å². The number of nitrogens with zero attached hydrogens (tertiary/aromatic N) is 3. The van der Waals surface area contributed by atoms with Gasteiger partial charge in [0.05, 0.1) is 18.8 Å². The van der Waals surface area contributed by atoms with Crippen LogP contribution in [0.25, 0.3) is 0 Å². The fraction of sp³-hybridized carbons (Fsp3) is 0.455. The number of aliphatic imine (C=N–C) groups is 1. The van der Waals surface area contributed by atoms with E-state index < -0.39 is 6.10 Å². The molecule has 0 saturated heterocycles.